The lowest BCUT2D eigenvalue weighted by Crippen LogP contribution is -2.43. The number of amides is 1. The third-order valence-electron chi connectivity index (χ3n) is 4.79. The highest BCUT2D eigenvalue weighted by Crippen LogP contribution is 2.17. The van der Waals surface area contributed by atoms with Crippen LogP contribution in [-0.4, -0.2) is 68.0 Å². The third-order valence-corrected chi connectivity index (χ3v) is 4.79. The standard InChI is InChI=1S/C20H32N4O2/c1-4-17(24-14-8-11-19(24)25)12-13-22-20(21-2)23(3)15-16-26-18-9-6-5-7-10-18/h5-7,9-10,17H,4,8,11-16H2,1-3H3,(H,21,22). The molecular weight excluding hydrogens is 328 g/mol. The van der Waals surface area contributed by atoms with Gasteiger partial charge >= 0.3 is 0 Å². The number of para-hydroxylation sites is 1. The number of likely N-dealkylation sites (tertiary alicyclic amines) is 1. The van der Waals surface area contributed by atoms with Crippen molar-refractivity contribution in [2.45, 2.75) is 38.6 Å². The molecule has 0 aromatic heterocycles. The molecule has 6 nitrogen and oxygen atoms in total. The predicted molar refractivity (Wildman–Crippen MR) is 106 cm³/mol. The van der Waals surface area contributed by atoms with Crippen LogP contribution in [-0.2, 0) is 4.79 Å². The maximum Gasteiger partial charge on any atom is 0.222 e. The molecule has 1 atom stereocenters. The Morgan fingerprint density at radius 2 is 2.15 bits per heavy atom. The smallest absolute Gasteiger partial charge is 0.222 e. The lowest BCUT2D eigenvalue weighted by molar-refractivity contribution is -0.129. The molecule has 144 valence electrons. The van der Waals surface area contributed by atoms with Crippen molar-refractivity contribution >= 4 is 11.9 Å². The highest BCUT2D eigenvalue weighted by Gasteiger charge is 2.26. The molecule has 1 aliphatic rings. The summed E-state index contributed by atoms with van der Waals surface area (Å²) in [6, 6.07) is 10.1. The highest BCUT2D eigenvalue weighted by molar-refractivity contribution is 5.79. The first-order valence-electron chi connectivity index (χ1n) is 9.54. The zero-order valence-corrected chi connectivity index (χ0v) is 16.3. The fourth-order valence-electron chi connectivity index (χ4n) is 3.29. The zero-order valence-electron chi connectivity index (χ0n) is 16.3. The molecule has 0 saturated carbocycles. The van der Waals surface area contributed by atoms with Gasteiger partial charge in [-0.1, -0.05) is 25.1 Å². The van der Waals surface area contributed by atoms with E-state index < -0.39 is 0 Å². The number of guanidine groups is 1. The molecule has 0 radical (unpaired) electrons. The van der Waals surface area contributed by atoms with Gasteiger partial charge < -0.3 is 19.9 Å². The Balaban J connectivity index is 1.71. The lowest BCUT2D eigenvalue weighted by Gasteiger charge is -2.28. The predicted octanol–water partition coefficient (Wildman–Crippen LogP) is 2.36. The highest BCUT2D eigenvalue weighted by atomic mass is 16.5. The summed E-state index contributed by atoms with van der Waals surface area (Å²) >= 11 is 0. The maximum atomic E-state index is 11.9. The van der Waals surface area contributed by atoms with Crippen LogP contribution >= 0.6 is 0 Å². The summed E-state index contributed by atoms with van der Waals surface area (Å²) < 4.78 is 5.74. The number of carbonyl (C=O) groups is 1. The van der Waals surface area contributed by atoms with E-state index in [4.69, 9.17) is 4.74 Å². The molecule has 1 amide bonds. The summed E-state index contributed by atoms with van der Waals surface area (Å²) in [6.07, 6.45) is 3.63. The molecule has 2 rings (SSSR count). The van der Waals surface area contributed by atoms with E-state index in [1.807, 2.05) is 42.3 Å². The molecule has 1 aromatic rings. The number of nitrogens with zero attached hydrogens (tertiary/aromatic N) is 3. The molecule has 1 unspecified atom stereocenters. The summed E-state index contributed by atoms with van der Waals surface area (Å²) in [5.41, 5.74) is 0. The van der Waals surface area contributed by atoms with Crippen molar-refractivity contribution in [3.63, 3.8) is 0 Å². The van der Waals surface area contributed by atoms with Gasteiger partial charge in [0.1, 0.15) is 12.4 Å². The molecule has 1 saturated heterocycles. The molecule has 0 aliphatic carbocycles. The van der Waals surface area contributed by atoms with E-state index in [2.05, 4.69) is 22.1 Å². The van der Waals surface area contributed by atoms with Crippen molar-refractivity contribution in [2.24, 2.45) is 4.99 Å². The molecule has 0 bridgehead atoms. The fourth-order valence-corrected chi connectivity index (χ4v) is 3.29. The van der Waals surface area contributed by atoms with Gasteiger partial charge in [-0.25, -0.2) is 0 Å². The summed E-state index contributed by atoms with van der Waals surface area (Å²) in [4.78, 5) is 20.4. The molecule has 6 heteroatoms. The van der Waals surface area contributed by atoms with Gasteiger partial charge in [0, 0.05) is 39.6 Å². The molecule has 1 aliphatic heterocycles. The Morgan fingerprint density at radius 1 is 1.38 bits per heavy atom. The molecule has 1 fully saturated rings. The lowest BCUT2D eigenvalue weighted by atomic mass is 10.1. The second-order valence-corrected chi connectivity index (χ2v) is 6.60. The van der Waals surface area contributed by atoms with Crippen LogP contribution in [0.2, 0.25) is 0 Å². The molecule has 0 spiro atoms. The number of hydrogen-bond acceptors (Lipinski definition) is 3. The van der Waals surface area contributed by atoms with E-state index in [1.54, 1.807) is 7.05 Å². The minimum absolute atomic E-state index is 0.302. The van der Waals surface area contributed by atoms with Gasteiger partial charge in [0.2, 0.25) is 5.91 Å². The van der Waals surface area contributed by atoms with Crippen molar-refractivity contribution in [1.82, 2.24) is 15.1 Å². The Hall–Kier alpha value is -2.24. The minimum Gasteiger partial charge on any atom is -0.492 e. The molecule has 26 heavy (non-hydrogen) atoms. The molecule has 1 aromatic carbocycles. The first-order valence-corrected chi connectivity index (χ1v) is 9.54. The molecular formula is C20H32N4O2. The quantitative estimate of drug-likeness (QED) is 0.543. The average Bonchev–Trinajstić information content (AvgIpc) is 3.08. The van der Waals surface area contributed by atoms with Crippen LogP contribution < -0.4 is 10.1 Å². The first-order chi connectivity index (χ1) is 12.7. The van der Waals surface area contributed by atoms with E-state index in [9.17, 15) is 4.79 Å². The fraction of sp³-hybridized carbons (Fsp3) is 0.600. The van der Waals surface area contributed by atoms with Crippen molar-refractivity contribution in [3.05, 3.63) is 30.3 Å². The van der Waals surface area contributed by atoms with Crippen LogP contribution in [0.25, 0.3) is 0 Å². The van der Waals surface area contributed by atoms with E-state index in [1.165, 1.54) is 0 Å². The summed E-state index contributed by atoms with van der Waals surface area (Å²) in [5, 5.41) is 3.40. The largest absolute Gasteiger partial charge is 0.492 e. The summed E-state index contributed by atoms with van der Waals surface area (Å²) in [6.45, 7) is 5.21. The zero-order chi connectivity index (χ0) is 18.8. The van der Waals surface area contributed by atoms with Crippen LogP contribution in [0.4, 0.5) is 0 Å². The van der Waals surface area contributed by atoms with Gasteiger partial charge in [-0.2, -0.15) is 0 Å². The Kier molecular flexibility index (Phi) is 8.25. The Bertz CT molecular complexity index is 576. The summed E-state index contributed by atoms with van der Waals surface area (Å²) in [5.74, 6) is 2.03. The maximum absolute atomic E-state index is 11.9. The van der Waals surface area contributed by atoms with Gasteiger partial charge in [-0.15, -0.1) is 0 Å². The number of hydrogen-bond donors (Lipinski definition) is 1. The number of carbonyl (C=O) groups excluding carboxylic acids is 1. The van der Waals surface area contributed by atoms with Gasteiger partial charge in [0.15, 0.2) is 5.96 Å². The van der Waals surface area contributed by atoms with Gasteiger partial charge in [0.25, 0.3) is 0 Å². The van der Waals surface area contributed by atoms with Crippen molar-refractivity contribution < 1.29 is 9.53 Å². The normalized spacial score (nSPS) is 15.9. The number of benzene rings is 1. The first kappa shape index (κ1) is 20.1. The van der Waals surface area contributed by atoms with Crippen LogP contribution in [0.15, 0.2) is 35.3 Å². The van der Waals surface area contributed by atoms with Crippen LogP contribution in [0, 0.1) is 0 Å². The topological polar surface area (TPSA) is 57.2 Å². The number of ether oxygens (including phenoxy) is 1. The van der Waals surface area contributed by atoms with Crippen molar-refractivity contribution in [3.8, 4) is 5.75 Å². The monoisotopic (exact) mass is 360 g/mol. The second-order valence-electron chi connectivity index (χ2n) is 6.60. The van der Waals surface area contributed by atoms with E-state index in [0.717, 1.165) is 50.6 Å². The van der Waals surface area contributed by atoms with Crippen molar-refractivity contribution in [2.75, 3.05) is 40.3 Å². The van der Waals surface area contributed by atoms with Crippen LogP contribution in [0.1, 0.15) is 32.6 Å². The van der Waals surface area contributed by atoms with Crippen LogP contribution in [0.3, 0.4) is 0 Å². The number of likely N-dealkylation sites (N-methyl/N-ethyl adjacent to an activating group) is 1. The van der Waals surface area contributed by atoms with Gasteiger partial charge in [-0.05, 0) is 31.4 Å². The van der Waals surface area contributed by atoms with Gasteiger partial charge in [0.05, 0.1) is 6.54 Å². The molecule has 1 heterocycles. The number of nitrogens with one attached hydrogen (secondary N) is 1. The Labute approximate surface area is 157 Å². The summed E-state index contributed by atoms with van der Waals surface area (Å²) in [7, 11) is 3.79. The number of rotatable bonds is 9. The minimum atomic E-state index is 0.302. The van der Waals surface area contributed by atoms with Gasteiger partial charge in [-0.3, -0.25) is 9.79 Å². The van der Waals surface area contributed by atoms with E-state index in [-0.39, 0.29) is 0 Å². The van der Waals surface area contributed by atoms with Crippen molar-refractivity contribution in [1.29, 1.82) is 0 Å². The van der Waals surface area contributed by atoms with E-state index in [0.29, 0.717) is 25.0 Å². The third kappa shape index (κ3) is 5.93. The number of aliphatic imine (C=N–C) groups is 1. The SMILES string of the molecule is CCC(CCNC(=NC)N(C)CCOc1ccccc1)N1CCCC1=O. The second kappa shape index (κ2) is 10.7. The van der Waals surface area contributed by atoms with E-state index >= 15 is 0 Å². The Morgan fingerprint density at radius 3 is 2.77 bits per heavy atom. The van der Waals surface area contributed by atoms with Crippen LogP contribution in [0.5, 0.6) is 5.75 Å². The average molecular weight is 361 g/mol. The molecule has 1 N–H and O–H groups in total.